The smallest absolute Gasteiger partial charge is 0.313 e. The molecule has 0 spiro atoms. The molecule has 0 bridgehead atoms. The van der Waals surface area contributed by atoms with Crippen molar-refractivity contribution >= 4 is 34.5 Å². The van der Waals surface area contributed by atoms with E-state index in [4.69, 9.17) is 11.6 Å². The van der Waals surface area contributed by atoms with E-state index in [2.05, 4.69) is 16.9 Å². The molecule has 0 aliphatic carbocycles. The average molecular weight is 371 g/mol. The van der Waals surface area contributed by atoms with Crippen LogP contribution in [0.3, 0.4) is 0 Å². The molecular formula is C16H23ClN4O2S. The lowest BCUT2D eigenvalue weighted by atomic mass is 10.2. The van der Waals surface area contributed by atoms with Crippen LogP contribution in [0, 0.1) is 0 Å². The van der Waals surface area contributed by atoms with Gasteiger partial charge < -0.3 is 4.57 Å². The number of thioether (sulfide) groups is 1. The average Bonchev–Trinajstić information content (AvgIpc) is 2.88. The summed E-state index contributed by atoms with van der Waals surface area (Å²) in [5.41, 5.74) is 0.0548. The van der Waals surface area contributed by atoms with Crippen LogP contribution < -0.4 is 11.2 Å². The van der Waals surface area contributed by atoms with E-state index < -0.39 is 5.69 Å². The molecule has 2 rings (SSSR count). The topological polar surface area (TPSA) is 72.7 Å². The molecule has 6 nitrogen and oxygen atoms in total. The molecule has 2 heterocycles. The molecule has 24 heavy (non-hydrogen) atoms. The number of allylic oxidation sites excluding steroid dienone is 1. The van der Waals surface area contributed by atoms with Crippen molar-refractivity contribution in [2.24, 2.45) is 7.05 Å². The number of aryl methyl sites for hydroxylation is 2. The summed E-state index contributed by atoms with van der Waals surface area (Å²) in [6.07, 6.45) is 6.29. The molecule has 0 aliphatic heterocycles. The molecule has 0 amide bonds. The number of aromatic amines is 1. The number of aromatic nitrogens is 4. The maximum Gasteiger partial charge on any atom is 0.329 e. The lowest BCUT2D eigenvalue weighted by molar-refractivity contribution is 0.562. The molecule has 2 aromatic heterocycles. The van der Waals surface area contributed by atoms with Crippen molar-refractivity contribution < 1.29 is 0 Å². The Bertz CT molecular complexity index is 846. The van der Waals surface area contributed by atoms with E-state index >= 15 is 0 Å². The number of H-pyrrole nitrogens is 1. The Morgan fingerprint density at radius 2 is 2.08 bits per heavy atom. The Balaban J connectivity index is 2.43. The summed E-state index contributed by atoms with van der Waals surface area (Å²) in [6, 6.07) is 0. The maximum absolute atomic E-state index is 12.3. The molecule has 0 saturated heterocycles. The van der Waals surface area contributed by atoms with E-state index in [1.807, 2.05) is 17.6 Å². The van der Waals surface area contributed by atoms with Gasteiger partial charge in [-0.25, -0.2) is 9.78 Å². The molecule has 8 heteroatoms. The first-order chi connectivity index (χ1) is 11.5. The van der Waals surface area contributed by atoms with Gasteiger partial charge in [0.2, 0.25) is 0 Å². The first-order valence-electron chi connectivity index (χ1n) is 8.10. The van der Waals surface area contributed by atoms with Gasteiger partial charge in [-0.05, 0) is 13.3 Å². The highest BCUT2D eigenvalue weighted by Gasteiger charge is 2.17. The zero-order valence-electron chi connectivity index (χ0n) is 14.3. The number of hydrogen-bond acceptors (Lipinski definition) is 4. The number of fused-ring (bicyclic) bond motifs is 1. The number of rotatable bonds is 8. The number of unbranched alkanes of at least 4 members (excludes halogenated alkanes) is 3. The lowest BCUT2D eigenvalue weighted by Gasteiger charge is -2.07. The van der Waals surface area contributed by atoms with Crippen LogP contribution in [-0.4, -0.2) is 24.9 Å². The van der Waals surface area contributed by atoms with Crippen LogP contribution in [0.25, 0.3) is 11.2 Å². The number of imidazole rings is 1. The number of nitrogens with one attached hydrogen (secondary N) is 1. The van der Waals surface area contributed by atoms with Crippen molar-refractivity contribution in [1.29, 1.82) is 0 Å². The van der Waals surface area contributed by atoms with Crippen molar-refractivity contribution in [3.05, 3.63) is 31.9 Å². The van der Waals surface area contributed by atoms with Gasteiger partial charge in [0.05, 0.1) is 0 Å². The third-order valence-electron chi connectivity index (χ3n) is 3.78. The van der Waals surface area contributed by atoms with Crippen LogP contribution in [0.5, 0.6) is 0 Å². The van der Waals surface area contributed by atoms with Gasteiger partial charge in [-0.1, -0.05) is 55.6 Å². The van der Waals surface area contributed by atoms with Gasteiger partial charge >= 0.3 is 5.69 Å². The summed E-state index contributed by atoms with van der Waals surface area (Å²) in [7, 11) is 1.62. The Labute approximate surface area is 149 Å². The van der Waals surface area contributed by atoms with Crippen LogP contribution in [0.1, 0.15) is 39.5 Å². The van der Waals surface area contributed by atoms with Gasteiger partial charge in [-0.2, -0.15) is 0 Å². The molecular weight excluding hydrogens is 348 g/mol. The van der Waals surface area contributed by atoms with E-state index in [0.29, 0.717) is 23.5 Å². The van der Waals surface area contributed by atoms with Crippen molar-refractivity contribution in [3.8, 4) is 0 Å². The Hall–Kier alpha value is -1.47. The van der Waals surface area contributed by atoms with Crippen LogP contribution in [0.2, 0.25) is 0 Å². The van der Waals surface area contributed by atoms with Gasteiger partial charge in [0, 0.05) is 24.4 Å². The molecule has 0 radical (unpaired) electrons. The van der Waals surface area contributed by atoms with E-state index in [1.54, 1.807) is 7.05 Å². The number of hydrogen-bond donors (Lipinski definition) is 1. The molecule has 1 N–H and O–H groups in total. The zero-order valence-corrected chi connectivity index (χ0v) is 15.8. The molecule has 0 aromatic carbocycles. The van der Waals surface area contributed by atoms with E-state index in [1.165, 1.54) is 16.3 Å². The van der Waals surface area contributed by atoms with Crippen molar-refractivity contribution in [2.45, 2.75) is 51.2 Å². The van der Waals surface area contributed by atoms with E-state index in [9.17, 15) is 9.59 Å². The largest absolute Gasteiger partial charge is 0.329 e. The van der Waals surface area contributed by atoms with Gasteiger partial charge in [0.25, 0.3) is 5.56 Å². The predicted molar refractivity (Wildman–Crippen MR) is 100 cm³/mol. The van der Waals surface area contributed by atoms with Gasteiger partial charge in [-0.3, -0.25) is 14.3 Å². The number of nitrogens with zero attached hydrogens (tertiary/aromatic N) is 3. The van der Waals surface area contributed by atoms with Gasteiger partial charge in [0.15, 0.2) is 16.3 Å². The fraction of sp³-hybridized carbons (Fsp3) is 0.562. The molecule has 132 valence electrons. The van der Waals surface area contributed by atoms with Crippen molar-refractivity contribution in [2.75, 3.05) is 5.75 Å². The summed E-state index contributed by atoms with van der Waals surface area (Å²) in [4.78, 5) is 31.0. The highest BCUT2D eigenvalue weighted by atomic mass is 35.5. The Kier molecular flexibility index (Phi) is 6.74. The van der Waals surface area contributed by atoms with Crippen LogP contribution in [0.15, 0.2) is 25.9 Å². The highest BCUT2D eigenvalue weighted by molar-refractivity contribution is 7.99. The van der Waals surface area contributed by atoms with Gasteiger partial charge in [-0.15, -0.1) is 0 Å². The maximum atomic E-state index is 12.3. The van der Waals surface area contributed by atoms with Crippen LogP contribution in [0.4, 0.5) is 0 Å². The normalized spacial score (nSPS) is 12.2. The quantitative estimate of drug-likeness (QED) is 0.572. The van der Waals surface area contributed by atoms with Crippen molar-refractivity contribution in [1.82, 2.24) is 19.1 Å². The zero-order chi connectivity index (χ0) is 17.7. The SMILES string of the molecule is CCCCCCn1c(SC/C=C(\C)Cl)nc2c1c(=O)[nH]c(=O)n2C. The first-order valence-corrected chi connectivity index (χ1v) is 9.46. The van der Waals surface area contributed by atoms with Crippen molar-refractivity contribution in [3.63, 3.8) is 0 Å². The predicted octanol–water partition coefficient (Wildman–Crippen LogP) is 3.24. The minimum atomic E-state index is -0.448. The minimum absolute atomic E-state index is 0.382. The monoisotopic (exact) mass is 370 g/mol. The molecule has 0 fully saturated rings. The van der Waals surface area contributed by atoms with E-state index in [0.717, 1.165) is 35.9 Å². The third kappa shape index (κ3) is 4.33. The fourth-order valence-electron chi connectivity index (χ4n) is 2.46. The second-order valence-electron chi connectivity index (χ2n) is 5.70. The minimum Gasteiger partial charge on any atom is -0.313 e. The molecule has 0 aliphatic rings. The van der Waals surface area contributed by atoms with Crippen LogP contribution >= 0.6 is 23.4 Å². The molecule has 2 aromatic rings. The summed E-state index contributed by atoms with van der Waals surface area (Å²) in [5, 5.41) is 1.46. The highest BCUT2D eigenvalue weighted by Crippen LogP contribution is 2.23. The third-order valence-corrected chi connectivity index (χ3v) is 4.84. The van der Waals surface area contributed by atoms with Gasteiger partial charge in [0.1, 0.15) is 0 Å². The summed E-state index contributed by atoms with van der Waals surface area (Å²) in [6.45, 7) is 4.70. The molecule has 0 saturated carbocycles. The van der Waals surface area contributed by atoms with E-state index in [-0.39, 0.29) is 5.56 Å². The Morgan fingerprint density at radius 1 is 1.33 bits per heavy atom. The fourth-order valence-corrected chi connectivity index (χ4v) is 3.60. The van der Waals surface area contributed by atoms with Crippen LogP contribution in [-0.2, 0) is 13.6 Å². The second-order valence-corrected chi connectivity index (χ2v) is 7.28. The Morgan fingerprint density at radius 3 is 2.75 bits per heavy atom. The lowest BCUT2D eigenvalue weighted by Crippen LogP contribution is -2.29. The summed E-state index contributed by atoms with van der Waals surface area (Å²) in [5.74, 6) is 0.666. The summed E-state index contributed by atoms with van der Waals surface area (Å²) < 4.78 is 3.30. The number of halogens is 1. The first kappa shape index (κ1) is 18.9. The second kappa shape index (κ2) is 8.58. The molecule has 0 unspecified atom stereocenters. The molecule has 0 atom stereocenters. The summed E-state index contributed by atoms with van der Waals surface area (Å²) >= 11 is 7.38. The standard InChI is InChI=1S/C16H23ClN4O2S/c1-4-5-6-7-9-21-12-13(20(3)15(23)19-14(12)22)18-16(21)24-10-8-11(2)17/h8H,4-7,9-10H2,1-3H3,(H,19,22,23)/b11-8+.